The normalized spacial score (nSPS) is 26.8. The fraction of sp³-hybridized carbons (Fsp3) is 0.682. The van der Waals surface area contributed by atoms with E-state index in [9.17, 15) is 18.0 Å². The molecule has 1 saturated carbocycles. The zero-order chi connectivity index (χ0) is 22.7. The number of piperazine rings is 1. The molecule has 2 saturated heterocycles. The van der Waals surface area contributed by atoms with Crippen LogP contribution in [0.4, 0.5) is 23.7 Å². The Morgan fingerprint density at radius 2 is 1.72 bits per heavy atom. The van der Waals surface area contributed by atoms with Crippen molar-refractivity contribution >= 4 is 23.7 Å². The smallest absolute Gasteiger partial charge is 0.322 e. The minimum atomic E-state index is -4.51. The van der Waals surface area contributed by atoms with E-state index in [0.29, 0.717) is 38.4 Å². The van der Waals surface area contributed by atoms with Crippen LogP contribution in [0.2, 0.25) is 0 Å². The summed E-state index contributed by atoms with van der Waals surface area (Å²) in [5.41, 5.74) is -0.797. The minimum absolute atomic E-state index is 0.198. The SMILES string of the molecule is CC1NSC(N2CCN(C(=O)Nc3ccccc3C(F)(F)F)CC2)N1C1CCCCCC1. The fourth-order valence-electron chi connectivity index (χ4n) is 4.97. The van der Waals surface area contributed by atoms with Crippen LogP contribution in [0.1, 0.15) is 51.0 Å². The predicted molar refractivity (Wildman–Crippen MR) is 121 cm³/mol. The lowest BCUT2D eigenvalue weighted by atomic mass is 10.1. The van der Waals surface area contributed by atoms with Crippen LogP contribution in [0.15, 0.2) is 24.3 Å². The molecule has 178 valence electrons. The first kappa shape index (κ1) is 23.7. The van der Waals surface area contributed by atoms with Gasteiger partial charge in [0.05, 0.1) is 17.4 Å². The Labute approximate surface area is 192 Å². The van der Waals surface area contributed by atoms with E-state index in [2.05, 4.69) is 26.8 Å². The molecule has 2 atom stereocenters. The Balaban J connectivity index is 1.35. The van der Waals surface area contributed by atoms with E-state index in [1.54, 1.807) is 16.8 Å². The maximum atomic E-state index is 13.2. The van der Waals surface area contributed by atoms with Crippen molar-refractivity contribution in [2.75, 3.05) is 31.5 Å². The van der Waals surface area contributed by atoms with E-state index >= 15 is 0 Å². The Bertz CT molecular complexity index is 779. The van der Waals surface area contributed by atoms with Gasteiger partial charge in [0.1, 0.15) is 5.50 Å². The number of hydrogen-bond donors (Lipinski definition) is 2. The van der Waals surface area contributed by atoms with E-state index in [4.69, 9.17) is 0 Å². The topological polar surface area (TPSA) is 50.9 Å². The second-order valence-corrected chi connectivity index (χ2v) is 9.72. The number of rotatable bonds is 3. The molecule has 1 aliphatic carbocycles. The molecule has 6 nitrogen and oxygen atoms in total. The number of hydrogen-bond acceptors (Lipinski definition) is 5. The van der Waals surface area contributed by atoms with E-state index < -0.39 is 17.8 Å². The third kappa shape index (κ3) is 5.35. The second kappa shape index (κ2) is 10.2. The number of nitrogens with one attached hydrogen (secondary N) is 2. The van der Waals surface area contributed by atoms with E-state index in [1.165, 1.54) is 56.7 Å². The van der Waals surface area contributed by atoms with Crippen molar-refractivity contribution in [1.82, 2.24) is 19.4 Å². The maximum absolute atomic E-state index is 13.2. The second-order valence-electron chi connectivity index (χ2n) is 8.83. The molecule has 1 aromatic rings. The number of alkyl halides is 3. The van der Waals surface area contributed by atoms with Crippen LogP contribution in [0.25, 0.3) is 0 Å². The number of amides is 2. The van der Waals surface area contributed by atoms with E-state index in [-0.39, 0.29) is 11.2 Å². The Morgan fingerprint density at radius 1 is 1.06 bits per heavy atom. The number of carbonyl (C=O) groups is 1. The molecule has 2 heterocycles. The molecule has 0 radical (unpaired) electrons. The van der Waals surface area contributed by atoms with Gasteiger partial charge in [0.15, 0.2) is 0 Å². The molecule has 4 rings (SSSR count). The lowest BCUT2D eigenvalue weighted by Crippen LogP contribution is -2.57. The molecule has 2 N–H and O–H groups in total. The summed E-state index contributed by atoms with van der Waals surface area (Å²) in [6.45, 7) is 4.58. The van der Waals surface area contributed by atoms with Gasteiger partial charge in [-0.3, -0.25) is 9.80 Å². The number of halogens is 3. The van der Waals surface area contributed by atoms with Crippen LogP contribution in [-0.4, -0.2) is 64.6 Å². The molecular weight excluding hydrogens is 439 g/mol. The summed E-state index contributed by atoms with van der Waals surface area (Å²) in [4.78, 5) is 19.3. The number of carbonyl (C=O) groups excluding carboxylic acids is 1. The van der Waals surface area contributed by atoms with Crippen molar-refractivity contribution in [2.24, 2.45) is 0 Å². The van der Waals surface area contributed by atoms with Crippen LogP contribution >= 0.6 is 11.9 Å². The monoisotopic (exact) mass is 471 g/mol. The van der Waals surface area contributed by atoms with E-state index in [0.717, 1.165) is 6.07 Å². The molecule has 0 bridgehead atoms. The zero-order valence-corrected chi connectivity index (χ0v) is 19.2. The number of urea groups is 1. The number of para-hydroxylation sites is 1. The van der Waals surface area contributed by atoms with Gasteiger partial charge in [0, 0.05) is 32.2 Å². The molecule has 32 heavy (non-hydrogen) atoms. The van der Waals surface area contributed by atoms with Gasteiger partial charge < -0.3 is 10.2 Å². The Kier molecular flexibility index (Phi) is 7.54. The molecule has 2 aliphatic heterocycles. The standard InChI is InChI=1S/C22H32F3N5OS/c1-16-27-32-21(30(16)17-8-4-2-3-5-9-17)29-14-12-28(13-15-29)20(31)26-19-11-7-6-10-18(19)22(23,24)25/h6-7,10-11,16-17,21,27H,2-5,8-9,12-15H2,1H3,(H,26,31). The molecule has 3 fully saturated rings. The van der Waals surface area contributed by atoms with Gasteiger partial charge in [-0.15, -0.1) is 0 Å². The van der Waals surface area contributed by atoms with Gasteiger partial charge in [-0.1, -0.05) is 37.8 Å². The molecule has 0 aromatic heterocycles. The summed E-state index contributed by atoms with van der Waals surface area (Å²) in [5.74, 6) is 0. The third-order valence-corrected chi connectivity index (χ3v) is 7.91. The van der Waals surface area contributed by atoms with Gasteiger partial charge in [0.2, 0.25) is 0 Å². The van der Waals surface area contributed by atoms with Crippen molar-refractivity contribution in [2.45, 2.75) is 69.3 Å². The highest BCUT2D eigenvalue weighted by molar-refractivity contribution is 7.98. The molecule has 0 spiro atoms. The van der Waals surface area contributed by atoms with Crippen LogP contribution in [0.3, 0.4) is 0 Å². The quantitative estimate of drug-likeness (QED) is 0.492. The average Bonchev–Trinajstić information content (AvgIpc) is 2.97. The minimum Gasteiger partial charge on any atom is -0.322 e. The number of nitrogens with zero attached hydrogens (tertiary/aromatic N) is 3. The number of anilines is 1. The molecule has 2 amide bonds. The Hall–Kier alpha value is -1.49. The molecule has 3 aliphatic rings. The summed E-state index contributed by atoms with van der Waals surface area (Å²) >= 11 is 1.74. The molecule has 10 heteroatoms. The predicted octanol–water partition coefficient (Wildman–Crippen LogP) is 4.76. The first-order valence-corrected chi connectivity index (χ1v) is 12.4. The van der Waals surface area contributed by atoms with Crippen molar-refractivity contribution in [3.8, 4) is 0 Å². The van der Waals surface area contributed by atoms with Gasteiger partial charge in [0.25, 0.3) is 0 Å². The van der Waals surface area contributed by atoms with Crippen molar-refractivity contribution in [3.63, 3.8) is 0 Å². The Morgan fingerprint density at radius 3 is 2.38 bits per heavy atom. The van der Waals surface area contributed by atoms with Crippen molar-refractivity contribution < 1.29 is 18.0 Å². The first-order valence-electron chi connectivity index (χ1n) is 11.5. The summed E-state index contributed by atoms with van der Waals surface area (Å²) in [6, 6.07) is 5.19. The van der Waals surface area contributed by atoms with Crippen LogP contribution in [0, 0.1) is 0 Å². The van der Waals surface area contributed by atoms with Crippen LogP contribution in [0.5, 0.6) is 0 Å². The van der Waals surface area contributed by atoms with Gasteiger partial charge in [-0.2, -0.15) is 13.2 Å². The average molecular weight is 472 g/mol. The lowest BCUT2D eigenvalue weighted by molar-refractivity contribution is -0.136. The number of benzene rings is 1. The van der Waals surface area contributed by atoms with Crippen molar-refractivity contribution in [3.05, 3.63) is 29.8 Å². The third-order valence-electron chi connectivity index (χ3n) is 6.68. The highest BCUT2D eigenvalue weighted by Crippen LogP contribution is 2.36. The summed E-state index contributed by atoms with van der Waals surface area (Å²) in [7, 11) is 0. The summed E-state index contributed by atoms with van der Waals surface area (Å²) in [6.07, 6.45) is 3.43. The van der Waals surface area contributed by atoms with E-state index in [1.807, 2.05) is 0 Å². The van der Waals surface area contributed by atoms with Gasteiger partial charge in [-0.25, -0.2) is 9.52 Å². The lowest BCUT2D eigenvalue weighted by Gasteiger charge is -2.43. The fourth-order valence-corrected chi connectivity index (χ4v) is 6.24. The van der Waals surface area contributed by atoms with Gasteiger partial charge >= 0.3 is 12.2 Å². The summed E-state index contributed by atoms with van der Waals surface area (Å²) < 4.78 is 43.2. The van der Waals surface area contributed by atoms with Crippen LogP contribution in [-0.2, 0) is 6.18 Å². The molecule has 1 aromatic carbocycles. The van der Waals surface area contributed by atoms with Gasteiger partial charge in [-0.05, 0) is 43.8 Å². The highest BCUT2D eigenvalue weighted by Gasteiger charge is 2.41. The first-order chi connectivity index (χ1) is 15.3. The molecular formula is C22H32F3N5OS. The largest absolute Gasteiger partial charge is 0.418 e. The van der Waals surface area contributed by atoms with Crippen LogP contribution < -0.4 is 10.0 Å². The zero-order valence-electron chi connectivity index (χ0n) is 18.4. The maximum Gasteiger partial charge on any atom is 0.418 e. The van der Waals surface area contributed by atoms with Crippen molar-refractivity contribution in [1.29, 1.82) is 0 Å². The highest BCUT2D eigenvalue weighted by atomic mass is 32.2. The summed E-state index contributed by atoms with van der Waals surface area (Å²) in [5, 5.41) is 2.47. The molecule has 2 unspecified atom stereocenters.